The van der Waals surface area contributed by atoms with Crippen LogP contribution in [0.15, 0.2) is 48.5 Å². The molecule has 0 radical (unpaired) electrons. The third-order valence-electron chi connectivity index (χ3n) is 3.00. The normalized spacial score (nSPS) is 10.2. The van der Waals surface area contributed by atoms with Crippen LogP contribution in [0.1, 0.15) is 15.9 Å². The number of anilines is 1. The summed E-state index contributed by atoms with van der Waals surface area (Å²) >= 11 is 1.44. The number of carbonyl (C=O) groups is 2. The molecule has 0 aliphatic rings. The minimum atomic E-state index is -0.419. The van der Waals surface area contributed by atoms with E-state index < -0.39 is 5.97 Å². The number of rotatable bonds is 6. The predicted molar refractivity (Wildman–Crippen MR) is 89.0 cm³/mol. The van der Waals surface area contributed by atoms with Crippen LogP contribution in [-0.4, -0.2) is 24.7 Å². The second kappa shape index (κ2) is 8.33. The number of halogens is 1. The topological polar surface area (TPSA) is 55.4 Å². The van der Waals surface area contributed by atoms with Crippen LogP contribution in [0.4, 0.5) is 10.1 Å². The molecular weight excluding hydrogens is 317 g/mol. The van der Waals surface area contributed by atoms with Gasteiger partial charge < -0.3 is 10.1 Å². The maximum atomic E-state index is 12.8. The van der Waals surface area contributed by atoms with Crippen LogP contribution in [-0.2, 0) is 15.3 Å². The molecule has 1 amide bonds. The molecule has 1 N–H and O–H groups in total. The van der Waals surface area contributed by atoms with Gasteiger partial charge in [0.05, 0.1) is 18.4 Å². The lowest BCUT2D eigenvalue weighted by Crippen LogP contribution is -2.14. The van der Waals surface area contributed by atoms with E-state index in [1.807, 2.05) is 0 Å². The molecule has 120 valence electrons. The minimum Gasteiger partial charge on any atom is -0.465 e. The molecule has 0 bridgehead atoms. The Hall–Kier alpha value is -2.34. The smallest absolute Gasteiger partial charge is 0.337 e. The fourth-order valence-corrected chi connectivity index (χ4v) is 2.63. The Bertz CT molecular complexity index is 671. The molecular formula is C17H16FNO3S. The van der Waals surface area contributed by atoms with Gasteiger partial charge in [0.1, 0.15) is 5.82 Å². The molecule has 0 aliphatic carbocycles. The Morgan fingerprint density at radius 1 is 1.09 bits per heavy atom. The van der Waals surface area contributed by atoms with Gasteiger partial charge in [0.25, 0.3) is 0 Å². The van der Waals surface area contributed by atoms with E-state index in [1.165, 1.54) is 31.0 Å². The highest BCUT2D eigenvalue weighted by molar-refractivity contribution is 7.99. The number of carbonyl (C=O) groups excluding carboxylic acids is 2. The van der Waals surface area contributed by atoms with Crippen LogP contribution >= 0.6 is 11.8 Å². The molecule has 0 heterocycles. The van der Waals surface area contributed by atoms with Crippen molar-refractivity contribution in [3.05, 3.63) is 65.5 Å². The molecule has 4 nitrogen and oxygen atoms in total. The number of hydrogen-bond acceptors (Lipinski definition) is 4. The largest absolute Gasteiger partial charge is 0.465 e. The second-order valence-electron chi connectivity index (χ2n) is 4.74. The standard InChI is InChI=1S/C17H16FNO3S/c1-22-17(21)13-4-8-15(9-5-13)19-16(20)11-23-10-12-2-6-14(18)7-3-12/h2-9H,10-11H2,1H3,(H,19,20). The molecule has 0 atom stereocenters. The third kappa shape index (κ3) is 5.41. The lowest BCUT2D eigenvalue weighted by atomic mass is 10.2. The van der Waals surface area contributed by atoms with Crippen molar-refractivity contribution < 1.29 is 18.7 Å². The van der Waals surface area contributed by atoms with Crippen LogP contribution in [0.3, 0.4) is 0 Å². The first-order chi connectivity index (χ1) is 11.1. The minimum absolute atomic E-state index is 0.136. The maximum Gasteiger partial charge on any atom is 0.337 e. The van der Waals surface area contributed by atoms with Gasteiger partial charge in [0.15, 0.2) is 0 Å². The predicted octanol–water partition coefficient (Wildman–Crippen LogP) is 3.48. The zero-order chi connectivity index (χ0) is 16.7. The third-order valence-corrected chi connectivity index (χ3v) is 4.01. The van der Waals surface area contributed by atoms with Crippen molar-refractivity contribution >= 4 is 29.3 Å². The van der Waals surface area contributed by atoms with Gasteiger partial charge >= 0.3 is 5.97 Å². The summed E-state index contributed by atoms with van der Waals surface area (Å²) in [6.07, 6.45) is 0. The van der Waals surface area contributed by atoms with Crippen molar-refractivity contribution in [2.45, 2.75) is 5.75 Å². The van der Waals surface area contributed by atoms with Crippen molar-refractivity contribution in [2.75, 3.05) is 18.2 Å². The lowest BCUT2D eigenvalue weighted by Gasteiger charge is -2.06. The highest BCUT2D eigenvalue weighted by Crippen LogP contribution is 2.14. The summed E-state index contributed by atoms with van der Waals surface area (Å²) in [6.45, 7) is 0. The van der Waals surface area contributed by atoms with E-state index in [9.17, 15) is 14.0 Å². The Morgan fingerprint density at radius 3 is 2.35 bits per heavy atom. The number of thioether (sulfide) groups is 1. The van der Waals surface area contributed by atoms with E-state index in [1.54, 1.807) is 36.4 Å². The monoisotopic (exact) mass is 333 g/mol. The molecule has 0 aliphatic heterocycles. The van der Waals surface area contributed by atoms with Crippen molar-refractivity contribution in [2.24, 2.45) is 0 Å². The molecule has 2 rings (SSSR count). The first-order valence-electron chi connectivity index (χ1n) is 6.89. The highest BCUT2D eigenvalue weighted by Gasteiger charge is 2.06. The average molecular weight is 333 g/mol. The van der Waals surface area contributed by atoms with Gasteiger partial charge in [-0.3, -0.25) is 4.79 Å². The van der Waals surface area contributed by atoms with Crippen molar-refractivity contribution in [3.63, 3.8) is 0 Å². The van der Waals surface area contributed by atoms with Crippen LogP contribution in [0.5, 0.6) is 0 Å². The maximum absolute atomic E-state index is 12.8. The van der Waals surface area contributed by atoms with E-state index in [-0.39, 0.29) is 17.5 Å². The fraction of sp³-hybridized carbons (Fsp3) is 0.176. The second-order valence-corrected chi connectivity index (χ2v) is 5.72. The summed E-state index contributed by atoms with van der Waals surface area (Å²) in [4.78, 5) is 23.2. The average Bonchev–Trinajstić information content (AvgIpc) is 2.56. The molecule has 6 heteroatoms. The zero-order valence-corrected chi connectivity index (χ0v) is 13.4. The molecule has 23 heavy (non-hydrogen) atoms. The fourth-order valence-electron chi connectivity index (χ4n) is 1.85. The van der Waals surface area contributed by atoms with E-state index in [4.69, 9.17) is 0 Å². The lowest BCUT2D eigenvalue weighted by molar-refractivity contribution is -0.113. The van der Waals surface area contributed by atoms with Gasteiger partial charge in [-0.25, -0.2) is 9.18 Å². The number of methoxy groups -OCH3 is 1. The summed E-state index contributed by atoms with van der Waals surface area (Å²) in [5, 5.41) is 2.75. The molecule has 0 saturated carbocycles. The summed E-state index contributed by atoms with van der Waals surface area (Å²) in [5.41, 5.74) is 2.01. The van der Waals surface area contributed by atoms with Gasteiger partial charge in [-0.1, -0.05) is 12.1 Å². The zero-order valence-electron chi connectivity index (χ0n) is 12.5. The van der Waals surface area contributed by atoms with Gasteiger partial charge in [-0.2, -0.15) is 0 Å². The molecule has 2 aromatic carbocycles. The van der Waals surface area contributed by atoms with E-state index in [0.717, 1.165) is 5.56 Å². The summed E-state index contributed by atoms with van der Waals surface area (Å²) < 4.78 is 17.4. The quantitative estimate of drug-likeness (QED) is 0.822. The number of esters is 1. The van der Waals surface area contributed by atoms with Gasteiger partial charge in [0.2, 0.25) is 5.91 Å². The van der Waals surface area contributed by atoms with Crippen LogP contribution in [0.2, 0.25) is 0 Å². The van der Waals surface area contributed by atoms with E-state index in [2.05, 4.69) is 10.1 Å². The molecule has 0 fully saturated rings. The number of benzene rings is 2. The summed E-state index contributed by atoms with van der Waals surface area (Å²) in [7, 11) is 1.32. The Labute approximate surface area is 138 Å². The van der Waals surface area contributed by atoms with Crippen molar-refractivity contribution in [1.82, 2.24) is 0 Å². The van der Waals surface area contributed by atoms with Gasteiger partial charge in [-0.15, -0.1) is 11.8 Å². The molecule has 0 aromatic heterocycles. The molecule has 0 saturated heterocycles. The summed E-state index contributed by atoms with van der Waals surface area (Å²) in [6, 6.07) is 12.7. The Morgan fingerprint density at radius 2 is 1.74 bits per heavy atom. The first kappa shape index (κ1) is 17.0. The van der Waals surface area contributed by atoms with E-state index in [0.29, 0.717) is 17.0 Å². The Balaban J connectivity index is 1.78. The van der Waals surface area contributed by atoms with Crippen LogP contribution < -0.4 is 5.32 Å². The van der Waals surface area contributed by atoms with Crippen LogP contribution in [0.25, 0.3) is 0 Å². The van der Waals surface area contributed by atoms with Crippen LogP contribution in [0, 0.1) is 5.82 Å². The summed E-state index contributed by atoms with van der Waals surface area (Å²) in [5.74, 6) is 0.0954. The van der Waals surface area contributed by atoms with Gasteiger partial charge in [0, 0.05) is 11.4 Å². The van der Waals surface area contributed by atoms with Crippen molar-refractivity contribution in [1.29, 1.82) is 0 Å². The first-order valence-corrected chi connectivity index (χ1v) is 8.04. The van der Waals surface area contributed by atoms with E-state index >= 15 is 0 Å². The Kier molecular flexibility index (Phi) is 6.17. The number of amides is 1. The number of ether oxygens (including phenoxy) is 1. The highest BCUT2D eigenvalue weighted by atomic mass is 32.2. The molecule has 0 spiro atoms. The SMILES string of the molecule is COC(=O)c1ccc(NC(=O)CSCc2ccc(F)cc2)cc1. The van der Waals surface area contributed by atoms with Crippen molar-refractivity contribution in [3.8, 4) is 0 Å². The number of nitrogens with one attached hydrogen (secondary N) is 1. The molecule has 2 aromatic rings. The molecule has 0 unspecified atom stereocenters. The van der Waals surface area contributed by atoms with Gasteiger partial charge in [-0.05, 0) is 42.0 Å². The number of hydrogen-bond donors (Lipinski definition) is 1.